The number of ether oxygens (including phenoxy) is 3. The van der Waals surface area contributed by atoms with Crippen molar-refractivity contribution in [2.45, 2.75) is 258 Å². The second-order valence-electron chi connectivity index (χ2n) is 16.7. The summed E-state index contributed by atoms with van der Waals surface area (Å²) in [5.74, 6) is -0.924. The van der Waals surface area contributed by atoms with Crippen LogP contribution in [0.1, 0.15) is 252 Å². The van der Waals surface area contributed by atoms with E-state index in [4.69, 9.17) is 14.2 Å². The molecule has 0 spiro atoms. The molecule has 0 aromatic rings. The first kappa shape index (κ1) is 56.4. The minimum absolute atomic E-state index is 0.0875. The van der Waals surface area contributed by atoms with Crippen molar-refractivity contribution < 1.29 is 28.6 Å². The average Bonchev–Trinajstić information content (AvgIpc) is 3.23. The van der Waals surface area contributed by atoms with Crippen molar-refractivity contribution in [2.24, 2.45) is 0 Å². The number of rotatable bonds is 45. The van der Waals surface area contributed by atoms with Gasteiger partial charge in [-0.3, -0.25) is 14.4 Å². The molecule has 0 saturated heterocycles. The lowest BCUT2D eigenvalue weighted by Gasteiger charge is -2.18. The first-order valence-corrected chi connectivity index (χ1v) is 25.1. The molecule has 0 fully saturated rings. The summed E-state index contributed by atoms with van der Waals surface area (Å²) in [6, 6.07) is 0. The molecule has 0 saturated carbocycles. The third kappa shape index (κ3) is 46.3. The van der Waals surface area contributed by atoms with Gasteiger partial charge in [0.2, 0.25) is 0 Å². The van der Waals surface area contributed by atoms with E-state index in [0.717, 1.165) is 103 Å². The van der Waals surface area contributed by atoms with Crippen molar-refractivity contribution in [3.05, 3.63) is 48.6 Å². The standard InChI is InChI=1S/C53H94O6/c1-4-7-10-13-16-19-22-25-28-31-34-37-40-43-46-52(55)58-49-50(48-57-51(54)45-42-39-36-33-30-27-24-21-18-15-12-9-6-3)59-53(56)47-44-41-38-35-32-29-26-23-20-17-14-11-8-5-2/h7,10,16,19,27,29-30,32,50H,4-6,8-9,11-15,17-18,20-26,28,31,33-49H2,1-3H3/b10-7-,19-16-,30-27-,32-29-. The quantitative estimate of drug-likeness (QED) is 0.0263. The Bertz CT molecular complexity index is 1040. The summed E-state index contributed by atoms with van der Waals surface area (Å²) in [4.78, 5) is 37.9. The van der Waals surface area contributed by atoms with Gasteiger partial charge in [-0.05, 0) is 96.3 Å². The fourth-order valence-electron chi connectivity index (χ4n) is 7.00. The molecule has 6 heteroatoms. The number of allylic oxidation sites excluding steroid dienone is 8. The Morgan fingerprint density at radius 1 is 0.356 bits per heavy atom. The van der Waals surface area contributed by atoms with Crippen LogP contribution in [0.2, 0.25) is 0 Å². The van der Waals surface area contributed by atoms with Gasteiger partial charge in [0.1, 0.15) is 13.2 Å². The maximum atomic E-state index is 12.8. The molecule has 59 heavy (non-hydrogen) atoms. The summed E-state index contributed by atoms with van der Waals surface area (Å²) in [5.41, 5.74) is 0. The number of carbonyl (C=O) groups is 3. The molecule has 0 rings (SSSR count). The number of hydrogen-bond acceptors (Lipinski definition) is 6. The normalized spacial score (nSPS) is 12.4. The summed E-state index contributed by atoms with van der Waals surface area (Å²) < 4.78 is 16.7. The second kappa shape index (κ2) is 48.0. The SMILES string of the molecule is CC/C=C\C/C=C\CCCCCCCCCC(=O)OCC(COC(=O)CCCCC/C=C\CCCCCCCC)OC(=O)CCCCC/C=C\CCCCCCCCC. The third-order valence-electron chi connectivity index (χ3n) is 10.8. The molecule has 0 aliphatic carbocycles. The second-order valence-corrected chi connectivity index (χ2v) is 16.7. The highest BCUT2D eigenvalue weighted by Gasteiger charge is 2.19. The number of hydrogen-bond donors (Lipinski definition) is 0. The maximum absolute atomic E-state index is 12.8. The Morgan fingerprint density at radius 3 is 1.05 bits per heavy atom. The number of carbonyl (C=O) groups excluding carboxylic acids is 3. The number of esters is 3. The van der Waals surface area contributed by atoms with Gasteiger partial charge in [0.15, 0.2) is 6.10 Å². The van der Waals surface area contributed by atoms with Crippen molar-refractivity contribution >= 4 is 17.9 Å². The molecule has 0 radical (unpaired) electrons. The smallest absolute Gasteiger partial charge is 0.306 e. The van der Waals surface area contributed by atoms with Gasteiger partial charge in [0.05, 0.1) is 0 Å². The van der Waals surface area contributed by atoms with Crippen molar-refractivity contribution in [3.63, 3.8) is 0 Å². The van der Waals surface area contributed by atoms with E-state index < -0.39 is 6.10 Å². The molecule has 342 valence electrons. The van der Waals surface area contributed by atoms with Gasteiger partial charge in [-0.25, -0.2) is 0 Å². The zero-order valence-corrected chi connectivity index (χ0v) is 39.0. The first-order valence-electron chi connectivity index (χ1n) is 25.1. The van der Waals surface area contributed by atoms with Crippen LogP contribution >= 0.6 is 0 Å². The van der Waals surface area contributed by atoms with E-state index in [1.54, 1.807) is 0 Å². The molecule has 0 heterocycles. The van der Waals surface area contributed by atoms with Crippen LogP contribution in [0, 0.1) is 0 Å². The zero-order valence-electron chi connectivity index (χ0n) is 39.0. The van der Waals surface area contributed by atoms with Gasteiger partial charge in [-0.2, -0.15) is 0 Å². The van der Waals surface area contributed by atoms with Crippen LogP contribution in [0.3, 0.4) is 0 Å². The Kier molecular flexibility index (Phi) is 45.9. The molecular formula is C53H94O6. The summed E-state index contributed by atoms with van der Waals surface area (Å²) in [6.07, 6.45) is 56.6. The van der Waals surface area contributed by atoms with E-state index in [1.165, 1.54) is 109 Å². The average molecular weight is 827 g/mol. The zero-order chi connectivity index (χ0) is 43.0. The topological polar surface area (TPSA) is 78.9 Å². The van der Waals surface area contributed by atoms with Gasteiger partial charge >= 0.3 is 17.9 Å². The molecule has 0 N–H and O–H groups in total. The Hall–Kier alpha value is -2.63. The fourth-order valence-corrected chi connectivity index (χ4v) is 7.00. The van der Waals surface area contributed by atoms with Gasteiger partial charge in [-0.15, -0.1) is 0 Å². The summed E-state index contributed by atoms with van der Waals surface area (Å²) >= 11 is 0. The highest BCUT2D eigenvalue weighted by atomic mass is 16.6. The van der Waals surface area contributed by atoms with E-state index in [-0.39, 0.29) is 31.1 Å². The predicted molar refractivity (Wildman–Crippen MR) is 252 cm³/mol. The van der Waals surface area contributed by atoms with Crippen LogP contribution in [0.15, 0.2) is 48.6 Å². The van der Waals surface area contributed by atoms with Crippen molar-refractivity contribution in [3.8, 4) is 0 Å². The predicted octanol–water partition coefficient (Wildman–Crippen LogP) is 16.3. The lowest BCUT2D eigenvalue weighted by atomic mass is 10.1. The van der Waals surface area contributed by atoms with Gasteiger partial charge in [0, 0.05) is 19.3 Å². The number of unbranched alkanes of at least 4 members (excludes halogenated alkanes) is 26. The molecule has 0 aromatic carbocycles. The van der Waals surface area contributed by atoms with E-state index >= 15 is 0 Å². The van der Waals surface area contributed by atoms with E-state index in [1.807, 2.05) is 0 Å². The summed E-state index contributed by atoms with van der Waals surface area (Å²) in [6.45, 7) is 6.49. The molecule has 0 aliphatic rings. The highest BCUT2D eigenvalue weighted by Crippen LogP contribution is 2.14. The maximum Gasteiger partial charge on any atom is 0.306 e. The van der Waals surface area contributed by atoms with Crippen LogP contribution in [0.4, 0.5) is 0 Å². The lowest BCUT2D eigenvalue weighted by Crippen LogP contribution is -2.30. The molecule has 1 atom stereocenters. The molecule has 0 amide bonds. The first-order chi connectivity index (χ1) is 29.0. The molecule has 0 aromatic heterocycles. The Balaban J connectivity index is 4.42. The van der Waals surface area contributed by atoms with E-state index in [2.05, 4.69) is 69.4 Å². The Labute approximate surface area is 365 Å². The van der Waals surface area contributed by atoms with Crippen LogP contribution in [0.5, 0.6) is 0 Å². The monoisotopic (exact) mass is 827 g/mol. The van der Waals surface area contributed by atoms with Crippen LogP contribution in [-0.2, 0) is 28.6 Å². The van der Waals surface area contributed by atoms with E-state index in [0.29, 0.717) is 19.3 Å². The molecule has 0 bridgehead atoms. The van der Waals surface area contributed by atoms with Crippen LogP contribution in [-0.4, -0.2) is 37.2 Å². The van der Waals surface area contributed by atoms with Gasteiger partial charge in [-0.1, -0.05) is 185 Å². The molecular weight excluding hydrogens is 733 g/mol. The fraction of sp³-hybridized carbons (Fsp3) is 0.792. The Morgan fingerprint density at radius 2 is 0.661 bits per heavy atom. The minimum atomic E-state index is -0.788. The van der Waals surface area contributed by atoms with Crippen LogP contribution in [0.25, 0.3) is 0 Å². The minimum Gasteiger partial charge on any atom is -0.462 e. The lowest BCUT2D eigenvalue weighted by molar-refractivity contribution is -0.167. The summed E-state index contributed by atoms with van der Waals surface area (Å²) in [7, 11) is 0. The molecule has 0 aliphatic heterocycles. The summed E-state index contributed by atoms with van der Waals surface area (Å²) in [5, 5.41) is 0. The largest absolute Gasteiger partial charge is 0.462 e. The van der Waals surface area contributed by atoms with Crippen molar-refractivity contribution in [2.75, 3.05) is 13.2 Å². The third-order valence-corrected chi connectivity index (χ3v) is 10.8. The van der Waals surface area contributed by atoms with Crippen molar-refractivity contribution in [1.82, 2.24) is 0 Å². The van der Waals surface area contributed by atoms with Gasteiger partial charge in [0.25, 0.3) is 0 Å². The van der Waals surface area contributed by atoms with Crippen molar-refractivity contribution in [1.29, 1.82) is 0 Å². The molecule has 6 nitrogen and oxygen atoms in total. The van der Waals surface area contributed by atoms with Crippen LogP contribution < -0.4 is 0 Å². The van der Waals surface area contributed by atoms with Gasteiger partial charge < -0.3 is 14.2 Å². The van der Waals surface area contributed by atoms with E-state index in [9.17, 15) is 14.4 Å². The molecule has 1 unspecified atom stereocenters. The highest BCUT2D eigenvalue weighted by molar-refractivity contribution is 5.71.